The fourth-order valence-corrected chi connectivity index (χ4v) is 4.16. The Balaban J connectivity index is 1.85. The van der Waals surface area contributed by atoms with Crippen molar-refractivity contribution in [3.63, 3.8) is 0 Å². The molecule has 0 radical (unpaired) electrons. The highest BCUT2D eigenvalue weighted by atomic mass is 19.1. The lowest BCUT2D eigenvalue weighted by molar-refractivity contribution is 0.0126. The number of rotatable bonds is 10. The molecule has 39 heavy (non-hydrogen) atoms. The minimum absolute atomic E-state index is 0.000370. The zero-order valence-electron chi connectivity index (χ0n) is 23.3. The molecule has 0 spiro atoms. The van der Waals surface area contributed by atoms with Crippen molar-refractivity contribution in [3.8, 4) is 11.5 Å². The van der Waals surface area contributed by atoms with Crippen molar-refractivity contribution in [1.29, 1.82) is 0 Å². The van der Waals surface area contributed by atoms with Crippen molar-refractivity contribution >= 4 is 12.1 Å². The van der Waals surface area contributed by atoms with Crippen molar-refractivity contribution in [2.24, 2.45) is 0 Å². The molecule has 0 N–H and O–H groups in total. The van der Waals surface area contributed by atoms with Crippen LogP contribution in [0.2, 0.25) is 0 Å². The van der Waals surface area contributed by atoms with E-state index in [1.807, 2.05) is 30.3 Å². The van der Waals surface area contributed by atoms with Crippen LogP contribution in [-0.2, 0) is 20.8 Å². The summed E-state index contributed by atoms with van der Waals surface area (Å²) in [6.45, 7) is 7.95. The number of halogens is 2. The molecule has 0 unspecified atom stereocenters. The fourth-order valence-electron chi connectivity index (χ4n) is 4.16. The number of aryl methyl sites for hydroxylation is 1. The van der Waals surface area contributed by atoms with E-state index in [0.29, 0.717) is 13.0 Å². The van der Waals surface area contributed by atoms with E-state index in [0.717, 1.165) is 12.7 Å². The van der Waals surface area contributed by atoms with Crippen LogP contribution >= 0.6 is 0 Å². The van der Waals surface area contributed by atoms with Crippen molar-refractivity contribution in [2.45, 2.75) is 71.5 Å². The van der Waals surface area contributed by atoms with Crippen molar-refractivity contribution in [3.05, 3.63) is 58.9 Å². The van der Waals surface area contributed by atoms with Gasteiger partial charge in [0.25, 0.3) is 0 Å². The highest BCUT2D eigenvalue weighted by Crippen LogP contribution is 2.36. The molecule has 0 aliphatic carbocycles. The van der Waals surface area contributed by atoms with Gasteiger partial charge in [-0.2, -0.15) is 0 Å². The van der Waals surface area contributed by atoms with E-state index in [-0.39, 0.29) is 36.1 Å². The molecule has 3 rings (SSSR count). The van der Waals surface area contributed by atoms with E-state index in [1.165, 1.54) is 24.8 Å². The molecule has 2 aromatic rings. The van der Waals surface area contributed by atoms with Crippen LogP contribution in [0.5, 0.6) is 11.5 Å². The molecule has 1 saturated heterocycles. The number of hydrogen-bond donors (Lipinski definition) is 0. The SMILES string of the molecule is COC(=O)c1c(OC[C@H]2C[C@H](OCc3ccccc3)CN2C(=O)OC(C)(C)C)cc(C)c(F)c1O[C@H](C)CF. The summed E-state index contributed by atoms with van der Waals surface area (Å²) in [6.07, 6.45) is -1.36. The molecule has 1 amide bonds. The van der Waals surface area contributed by atoms with Gasteiger partial charge in [0.1, 0.15) is 36.3 Å². The van der Waals surface area contributed by atoms with Crippen LogP contribution in [0.15, 0.2) is 36.4 Å². The minimum atomic E-state index is -1.00. The first-order valence-corrected chi connectivity index (χ1v) is 12.9. The van der Waals surface area contributed by atoms with Crippen LogP contribution in [0.3, 0.4) is 0 Å². The largest absolute Gasteiger partial charge is 0.490 e. The van der Waals surface area contributed by atoms with Gasteiger partial charge >= 0.3 is 12.1 Å². The van der Waals surface area contributed by atoms with Crippen molar-refractivity contribution in [1.82, 2.24) is 4.90 Å². The van der Waals surface area contributed by atoms with Gasteiger partial charge in [-0.25, -0.2) is 18.4 Å². The summed E-state index contributed by atoms with van der Waals surface area (Å²) in [7, 11) is 1.14. The van der Waals surface area contributed by atoms with Crippen LogP contribution < -0.4 is 9.47 Å². The Morgan fingerprint density at radius 2 is 1.87 bits per heavy atom. The number of hydrogen-bond acceptors (Lipinski definition) is 7. The summed E-state index contributed by atoms with van der Waals surface area (Å²) in [5.74, 6) is -2.15. The lowest BCUT2D eigenvalue weighted by Gasteiger charge is -2.28. The smallest absolute Gasteiger partial charge is 0.410 e. The molecule has 3 atom stereocenters. The lowest BCUT2D eigenvalue weighted by Crippen LogP contribution is -2.42. The summed E-state index contributed by atoms with van der Waals surface area (Å²) < 4.78 is 56.1. The normalized spacial score (nSPS) is 18.0. The second kappa shape index (κ2) is 13.1. The first-order valence-electron chi connectivity index (χ1n) is 12.9. The Morgan fingerprint density at radius 1 is 1.18 bits per heavy atom. The van der Waals surface area contributed by atoms with Gasteiger partial charge in [-0.15, -0.1) is 0 Å². The predicted molar refractivity (Wildman–Crippen MR) is 140 cm³/mol. The number of benzene rings is 2. The molecule has 10 heteroatoms. The quantitative estimate of drug-likeness (QED) is 0.355. The number of nitrogens with zero attached hydrogens (tertiary/aromatic N) is 1. The molecule has 1 fully saturated rings. The number of esters is 1. The molecule has 214 valence electrons. The van der Waals surface area contributed by atoms with E-state index >= 15 is 0 Å². The summed E-state index contributed by atoms with van der Waals surface area (Å²) in [5, 5.41) is 0. The minimum Gasteiger partial charge on any atom is -0.490 e. The molecule has 2 aromatic carbocycles. The number of alkyl halides is 1. The van der Waals surface area contributed by atoms with Gasteiger partial charge in [-0.05, 0) is 58.2 Å². The Morgan fingerprint density at radius 3 is 2.49 bits per heavy atom. The molecule has 0 bridgehead atoms. The Hall–Kier alpha value is -3.40. The third kappa shape index (κ3) is 8.05. The molecule has 0 aromatic heterocycles. The number of methoxy groups -OCH3 is 1. The molecule has 1 aliphatic rings. The zero-order valence-corrected chi connectivity index (χ0v) is 23.3. The molecular weight excluding hydrogens is 512 g/mol. The second-order valence-electron chi connectivity index (χ2n) is 10.5. The number of carbonyl (C=O) groups excluding carboxylic acids is 2. The average Bonchev–Trinajstić information content (AvgIpc) is 3.31. The van der Waals surface area contributed by atoms with Gasteiger partial charge in [-0.1, -0.05) is 30.3 Å². The van der Waals surface area contributed by atoms with Crippen molar-refractivity contribution < 1.29 is 42.1 Å². The maximum atomic E-state index is 15.0. The number of amides is 1. The van der Waals surface area contributed by atoms with Gasteiger partial charge < -0.3 is 23.7 Å². The zero-order chi connectivity index (χ0) is 28.7. The molecular formula is C29H37F2NO7. The van der Waals surface area contributed by atoms with E-state index in [9.17, 15) is 18.4 Å². The average molecular weight is 550 g/mol. The summed E-state index contributed by atoms with van der Waals surface area (Å²) in [6, 6.07) is 10.6. The third-order valence-corrected chi connectivity index (χ3v) is 6.06. The summed E-state index contributed by atoms with van der Waals surface area (Å²) in [5.41, 5.74) is 0.134. The van der Waals surface area contributed by atoms with E-state index in [4.69, 9.17) is 23.7 Å². The maximum absolute atomic E-state index is 15.0. The second-order valence-corrected chi connectivity index (χ2v) is 10.5. The monoisotopic (exact) mass is 549 g/mol. The maximum Gasteiger partial charge on any atom is 0.410 e. The van der Waals surface area contributed by atoms with Gasteiger partial charge in [-0.3, -0.25) is 4.90 Å². The Bertz CT molecular complexity index is 1140. The number of ether oxygens (including phenoxy) is 5. The van der Waals surface area contributed by atoms with Crippen molar-refractivity contribution in [2.75, 3.05) is 26.9 Å². The predicted octanol–water partition coefficient (Wildman–Crippen LogP) is 5.63. The summed E-state index contributed by atoms with van der Waals surface area (Å²) >= 11 is 0. The Labute approximate surface area is 228 Å². The first kappa shape index (κ1) is 30.1. The molecule has 1 aliphatic heterocycles. The lowest BCUT2D eigenvalue weighted by atomic mass is 10.1. The third-order valence-electron chi connectivity index (χ3n) is 6.06. The van der Waals surface area contributed by atoms with Gasteiger partial charge in [0, 0.05) is 0 Å². The topological polar surface area (TPSA) is 83.5 Å². The van der Waals surface area contributed by atoms with Crippen LogP contribution in [0, 0.1) is 12.7 Å². The van der Waals surface area contributed by atoms with E-state index < -0.39 is 48.1 Å². The van der Waals surface area contributed by atoms with E-state index in [2.05, 4.69) is 0 Å². The van der Waals surface area contributed by atoms with Gasteiger partial charge in [0.2, 0.25) is 0 Å². The van der Waals surface area contributed by atoms with Crippen LogP contribution in [0.25, 0.3) is 0 Å². The van der Waals surface area contributed by atoms with Crippen LogP contribution in [0.4, 0.5) is 13.6 Å². The number of carbonyl (C=O) groups is 2. The molecule has 0 saturated carbocycles. The van der Waals surface area contributed by atoms with Gasteiger partial charge in [0.05, 0.1) is 32.4 Å². The number of likely N-dealkylation sites (tertiary alicyclic amines) is 1. The van der Waals surface area contributed by atoms with E-state index in [1.54, 1.807) is 20.8 Å². The van der Waals surface area contributed by atoms with Crippen LogP contribution in [-0.4, -0.2) is 67.7 Å². The standard InChI is InChI=1S/C29H37F2NO7/c1-18-12-23(24(27(33)35-6)26(25(18)31)38-19(2)14-30)37-17-21-13-22(36-16-20-10-8-7-9-11-20)15-32(21)28(34)39-29(3,4)5/h7-12,19,21-22H,13-17H2,1-6H3/t19-,21-,22+/m1/s1. The Kier molecular flexibility index (Phi) is 10.1. The molecule has 1 heterocycles. The highest BCUT2D eigenvalue weighted by molar-refractivity contribution is 5.96. The molecule has 8 nitrogen and oxygen atoms in total. The highest BCUT2D eigenvalue weighted by Gasteiger charge is 2.39. The fraction of sp³-hybridized carbons (Fsp3) is 0.517. The first-order chi connectivity index (χ1) is 18.4. The summed E-state index contributed by atoms with van der Waals surface area (Å²) in [4.78, 5) is 27.2. The van der Waals surface area contributed by atoms with Gasteiger partial charge in [0.15, 0.2) is 11.6 Å². The van der Waals surface area contributed by atoms with Crippen LogP contribution in [0.1, 0.15) is 55.6 Å².